The van der Waals surface area contributed by atoms with Crippen LogP contribution in [-0.4, -0.2) is 121 Å². The molecule has 0 unspecified atom stereocenters. The van der Waals surface area contributed by atoms with Crippen LogP contribution >= 0.6 is 67.2 Å². The molecule has 4 aromatic carbocycles. The van der Waals surface area contributed by atoms with Crippen molar-refractivity contribution in [2.75, 3.05) is 28.3 Å². The molecule has 0 spiro atoms. The zero-order valence-electron chi connectivity index (χ0n) is 65.6. The maximum Gasteiger partial charge on any atom is 0 e. The Morgan fingerprint density at radius 1 is 0.398 bits per heavy atom. The first-order valence-electron chi connectivity index (χ1n) is 31.9. The Balaban J connectivity index is -0.000000133. The van der Waals surface area contributed by atoms with Crippen LogP contribution in [0.1, 0.15) is 238 Å². The molecular weight excluding hydrogens is 1530 g/mol. The quantitative estimate of drug-likeness (QED) is 0.0654. The molecule has 1 aromatic heterocycles. The van der Waals surface area contributed by atoms with Crippen LogP contribution < -0.4 is 0 Å². The minimum Gasteiger partial charge on any atom is 0 e. The summed E-state index contributed by atoms with van der Waals surface area (Å²) in [5.74, 6) is 1.65. The smallest absolute Gasteiger partial charge is 0 e. The van der Waals surface area contributed by atoms with Crippen molar-refractivity contribution in [3.8, 4) is 23.0 Å². The average molecular weight is 1660 g/mol. The van der Waals surface area contributed by atoms with Crippen molar-refractivity contribution in [1.82, 2.24) is 4.90 Å². The Labute approximate surface area is 665 Å². The monoisotopic (exact) mass is 1660 g/mol. The molecule has 0 aliphatic carbocycles. The first-order chi connectivity index (χ1) is 43.2. The molecule has 0 aliphatic heterocycles. The Bertz CT molecular complexity index is 2570. The van der Waals surface area contributed by atoms with Crippen LogP contribution in [0.25, 0.3) is 0 Å². The number of aromatic hydroxyl groups is 4. The van der Waals surface area contributed by atoms with E-state index in [1.54, 1.807) is 109 Å². The first kappa shape index (κ1) is 116. The SMILES string of the molecule is CC(C)O.CC(C)O.CC(C)O.CC(C)O.CC(C)O.CC(C)O.COCc1cc(C)cc(C(C)(C)C)c1O.COCc1cc(C)cc(C(C)(C)C)c1O.Cc1cc(CN(C)C)c(O)c(C(C)(C)C)c1.Cc1cc(Cc2cccs2)c(O)c(C(C)(C)C)c1.[Cl][Ti]([Cl])[Cl].[Cl][Ti]([Cl])[Cl].[Ti].[Ti]. The molecule has 568 valence electrons. The second-order valence-corrected chi connectivity index (χ2v) is 45.1. The summed E-state index contributed by atoms with van der Waals surface area (Å²) in [6.07, 6.45) is -0.186. The number of ether oxygens (including phenoxy) is 2. The van der Waals surface area contributed by atoms with Gasteiger partial charge in [-0.05, 0) is 186 Å². The molecule has 0 fully saturated rings. The van der Waals surface area contributed by atoms with Gasteiger partial charge in [0.05, 0.1) is 13.2 Å². The zero-order valence-corrected chi connectivity index (χ0v) is 77.2. The molecule has 10 N–H and O–H groups in total. The minimum atomic E-state index is -1.92. The molecule has 24 heteroatoms. The van der Waals surface area contributed by atoms with E-state index in [0.29, 0.717) is 36.2 Å². The third-order valence-corrected chi connectivity index (χ3v) is 11.5. The number of aryl methyl sites for hydroxylation is 4. The van der Waals surface area contributed by atoms with Crippen molar-refractivity contribution in [2.24, 2.45) is 0 Å². The van der Waals surface area contributed by atoms with Crippen molar-refractivity contribution < 1.29 is 133 Å². The molecule has 0 saturated carbocycles. The van der Waals surface area contributed by atoms with Crippen LogP contribution in [0.5, 0.6) is 23.0 Å². The van der Waals surface area contributed by atoms with E-state index in [9.17, 15) is 20.4 Å². The van der Waals surface area contributed by atoms with Crippen molar-refractivity contribution in [3.05, 3.63) is 138 Å². The van der Waals surface area contributed by atoms with E-state index >= 15 is 0 Å². The van der Waals surface area contributed by atoms with E-state index in [4.69, 9.17) is 95.9 Å². The van der Waals surface area contributed by atoms with Crippen LogP contribution in [0.4, 0.5) is 0 Å². The maximum atomic E-state index is 10.5. The summed E-state index contributed by atoms with van der Waals surface area (Å²) in [7, 11) is 37.1. The van der Waals surface area contributed by atoms with Crippen LogP contribution in [0.2, 0.25) is 0 Å². The molecule has 0 atom stereocenters. The fourth-order valence-electron chi connectivity index (χ4n) is 7.43. The van der Waals surface area contributed by atoms with Gasteiger partial charge in [-0.2, -0.15) is 0 Å². The predicted octanol–water partition coefficient (Wildman–Crippen LogP) is 20.4. The van der Waals surface area contributed by atoms with Gasteiger partial charge in [0.15, 0.2) is 0 Å². The largest absolute Gasteiger partial charge is 0 e. The average Bonchev–Trinajstić information content (AvgIpc) is 0.912. The number of aliphatic hydroxyl groups is 6. The van der Waals surface area contributed by atoms with Crippen molar-refractivity contribution in [1.29, 1.82) is 0 Å². The fraction of sp³-hybridized carbons (Fsp3) is 0.622. The van der Waals surface area contributed by atoms with Crippen LogP contribution in [0, 0.1) is 27.7 Å². The van der Waals surface area contributed by atoms with Crippen LogP contribution in [0.3, 0.4) is 0 Å². The minimum absolute atomic E-state index is 0. The summed E-state index contributed by atoms with van der Waals surface area (Å²) in [5, 5.41) is 91.3. The van der Waals surface area contributed by atoms with Crippen LogP contribution in [-0.2, 0) is 130 Å². The van der Waals surface area contributed by atoms with Crippen LogP contribution in [0.15, 0.2) is 66.0 Å². The Kier molecular flexibility index (Phi) is 73.8. The van der Waals surface area contributed by atoms with Gasteiger partial charge < -0.3 is 65.4 Å². The summed E-state index contributed by atoms with van der Waals surface area (Å²) in [6, 6.07) is 20.5. The standard InChI is InChI=1S/C16H20OS.C14H23NO.2C13H20O2.6C3H8O.6ClH.4Ti/c1-11-8-12(10-13-6-5-7-18-13)15(17)14(9-11)16(2,3)4;1-10-7-11(9-15(5)6)13(16)12(8-10)14(2,3)4;2*1-9-6-10(8-15-5)12(14)11(7-9)13(2,3)4;6*1-3(2)4;;;;;;;;;;/h5-9,17H,10H2,1-4H3;7-8,16H,9H2,1-6H3;2*6-7,14H,8H2,1-5H3;6*3-4H,1-2H3;6*1H;;;;/q;;;;;;;;;;;;;;;;;;2*+3/p-6. The number of aliphatic hydroxyl groups excluding tert-OH is 6. The van der Waals surface area contributed by atoms with Gasteiger partial charge in [0.1, 0.15) is 23.0 Å². The Morgan fingerprint density at radius 2 is 0.592 bits per heavy atom. The fourth-order valence-corrected chi connectivity index (χ4v) is 8.16. The molecule has 0 radical (unpaired) electrons. The summed E-state index contributed by atoms with van der Waals surface area (Å²) >= 11 is -2.10. The van der Waals surface area contributed by atoms with E-state index < -0.39 is 29.4 Å². The number of phenols is 4. The molecule has 0 amide bonds. The third-order valence-electron chi connectivity index (χ3n) is 10.6. The van der Waals surface area contributed by atoms with Gasteiger partial charge in [0.2, 0.25) is 0 Å². The molecule has 0 aliphatic rings. The Hall–Kier alpha value is 0.0171. The van der Waals surface area contributed by atoms with E-state index in [1.165, 1.54) is 16.0 Å². The molecule has 0 bridgehead atoms. The van der Waals surface area contributed by atoms with Gasteiger partial charge in [-0.15, -0.1) is 11.3 Å². The van der Waals surface area contributed by atoms with E-state index in [0.717, 1.165) is 68.6 Å². The molecule has 5 aromatic rings. The van der Waals surface area contributed by atoms with Gasteiger partial charge >= 0.3 is 85.2 Å². The second kappa shape index (κ2) is 62.1. The maximum absolute atomic E-state index is 10.5. The van der Waals surface area contributed by atoms with Gasteiger partial charge in [-0.25, -0.2) is 0 Å². The molecular formula is C74H131Cl6NO12STi4. The van der Waals surface area contributed by atoms with Crippen molar-refractivity contribution >= 4 is 67.2 Å². The zero-order chi connectivity index (χ0) is 77.7. The van der Waals surface area contributed by atoms with Crippen molar-refractivity contribution in [3.63, 3.8) is 0 Å². The van der Waals surface area contributed by atoms with E-state index in [2.05, 4.69) is 144 Å². The van der Waals surface area contributed by atoms with E-state index in [1.807, 2.05) is 52.2 Å². The number of hydrogen-bond acceptors (Lipinski definition) is 14. The number of hydrogen-bond donors (Lipinski definition) is 10. The summed E-state index contributed by atoms with van der Waals surface area (Å²) < 4.78 is 10.1. The molecule has 1 heterocycles. The number of benzene rings is 4. The Morgan fingerprint density at radius 3 is 0.776 bits per heavy atom. The van der Waals surface area contributed by atoms with Gasteiger partial charge in [-0.3, -0.25) is 0 Å². The van der Waals surface area contributed by atoms with Gasteiger partial charge in [0.25, 0.3) is 0 Å². The normalized spacial score (nSPS) is 10.5. The predicted molar refractivity (Wildman–Crippen MR) is 411 cm³/mol. The molecule has 98 heavy (non-hydrogen) atoms. The summed E-state index contributed by atoms with van der Waals surface area (Å²) in [4.78, 5) is 3.36. The molecule has 13 nitrogen and oxygen atoms in total. The van der Waals surface area contributed by atoms with Gasteiger partial charge in [0, 0.05) is 129 Å². The third kappa shape index (κ3) is 72.9. The summed E-state index contributed by atoms with van der Waals surface area (Å²) in [6.45, 7) is 55.9. The van der Waals surface area contributed by atoms with Gasteiger partial charge in [-0.1, -0.05) is 160 Å². The first-order valence-corrected chi connectivity index (χ1v) is 45.7. The number of phenolic OH excluding ortho intramolecular Hbond substituents is 4. The van der Waals surface area contributed by atoms with Crippen molar-refractivity contribution in [2.45, 2.75) is 278 Å². The number of thiophene rings is 1. The topological polar surface area (TPSA) is 224 Å². The second-order valence-electron chi connectivity index (χ2n) is 28.6. The molecule has 0 saturated heterocycles. The summed E-state index contributed by atoms with van der Waals surface area (Å²) in [5.41, 5.74) is 12.4. The number of halogens is 6. The number of methoxy groups -OCH3 is 2. The molecule has 5 rings (SSSR count). The van der Waals surface area contributed by atoms with E-state index in [-0.39, 0.29) is 102 Å². The number of rotatable bonds is 8. The number of nitrogens with zero attached hydrogens (tertiary/aromatic N) is 1.